The fraction of sp³-hybridized carbons (Fsp3) is 0.579. The van der Waals surface area contributed by atoms with Crippen LogP contribution in [0.5, 0.6) is 0 Å². The Hall–Kier alpha value is -2.08. The van der Waals surface area contributed by atoms with Crippen molar-refractivity contribution < 1.29 is 4.79 Å². The first-order valence-electron chi connectivity index (χ1n) is 9.22. The summed E-state index contributed by atoms with van der Waals surface area (Å²) in [6, 6.07) is 9.91. The van der Waals surface area contributed by atoms with E-state index in [1.54, 1.807) is 7.05 Å². The van der Waals surface area contributed by atoms with Crippen LogP contribution in [0.4, 0.5) is 5.69 Å². The standard InChI is InChI=1S/C19H31N5O/c1-4-23(5-2)13-9-12-21-19(20-3)22-16-14-18(25)24(15-16)17-10-7-6-8-11-17/h6-8,10-11,16H,4-5,9,12-15H2,1-3H3,(H2,20,21,22). The fourth-order valence-electron chi connectivity index (χ4n) is 3.10. The van der Waals surface area contributed by atoms with Crippen molar-refractivity contribution in [1.29, 1.82) is 0 Å². The number of hydrogen-bond acceptors (Lipinski definition) is 3. The molecule has 0 radical (unpaired) electrons. The zero-order valence-corrected chi connectivity index (χ0v) is 15.7. The molecule has 1 aliphatic heterocycles. The lowest BCUT2D eigenvalue weighted by atomic mass is 10.2. The third-order valence-corrected chi connectivity index (χ3v) is 4.60. The Morgan fingerprint density at radius 1 is 1.28 bits per heavy atom. The molecule has 138 valence electrons. The number of nitrogens with one attached hydrogen (secondary N) is 2. The van der Waals surface area contributed by atoms with E-state index < -0.39 is 0 Å². The van der Waals surface area contributed by atoms with E-state index >= 15 is 0 Å². The molecule has 1 fully saturated rings. The summed E-state index contributed by atoms with van der Waals surface area (Å²) in [6.07, 6.45) is 1.57. The Balaban J connectivity index is 1.77. The average Bonchev–Trinajstić information content (AvgIpc) is 3.01. The highest BCUT2D eigenvalue weighted by Gasteiger charge is 2.30. The molecule has 1 atom stereocenters. The van der Waals surface area contributed by atoms with Crippen molar-refractivity contribution >= 4 is 17.6 Å². The van der Waals surface area contributed by atoms with Gasteiger partial charge in [-0.3, -0.25) is 9.79 Å². The molecule has 0 spiro atoms. The summed E-state index contributed by atoms with van der Waals surface area (Å²) in [4.78, 5) is 20.8. The van der Waals surface area contributed by atoms with Crippen LogP contribution in [0.1, 0.15) is 26.7 Å². The molecule has 0 saturated carbocycles. The van der Waals surface area contributed by atoms with Crippen molar-refractivity contribution in [3.63, 3.8) is 0 Å². The molecule has 6 nitrogen and oxygen atoms in total. The molecular formula is C19H31N5O. The van der Waals surface area contributed by atoms with Crippen molar-refractivity contribution in [1.82, 2.24) is 15.5 Å². The highest BCUT2D eigenvalue weighted by Crippen LogP contribution is 2.20. The maximum absolute atomic E-state index is 12.3. The minimum atomic E-state index is 0.0849. The van der Waals surface area contributed by atoms with Gasteiger partial charge in [-0.1, -0.05) is 32.0 Å². The van der Waals surface area contributed by atoms with Crippen molar-refractivity contribution in [2.24, 2.45) is 4.99 Å². The van der Waals surface area contributed by atoms with Crippen molar-refractivity contribution in [3.8, 4) is 0 Å². The predicted molar refractivity (Wildman–Crippen MR) is 104 cm³/mol. The average molecular weight is 345 g/mol. The minimum absolute atomic E-state index is 0.0849. The number of amides is 1. The van der Waals surface area contributed by atoms with Crippen LogP contribution in [0.25, 0.3) is 0 Å². The molecule has 0 bridgehead atoms. The van der Waals surface area contributed by atoms with Gasteiger partial charge in [-0.2, -0.15) is 0 Å². The van der Waals surface area contributed by atoms with E-state index in [-0.39, 0.29) is 11.9 Å². The first kappa shape index (κ1) is 19.2. The van der Waals surface area contributed by atoms with E-state index in [0.717, 1.165) is 44.2 Å². The van der Waals surface area contributed by atoms with E-state index in [9.17, 15) is 4.79 Å². The van der Waals surface area contributed by atoms with Crippen LogP contribution in [0.2, 0.25) is 0 Å². The molecule has 1 aromatic carbocycles. The van der Waals surface area contributed by atoms with Crippen LogP contribution in [0.15, 0.2) is 35.3 Å². The van der Waals surface area contributed by atoms with E-state index in [0.29, 0.717) is 13.0 Å². The number of guanidine groups is 1. The van der Waals surface area contributed by atoms with E-state index in [2.05, 4.69) is 34.4 Å². The molecule has 6 heteroatoms. The second-order valence-electron chi connectivity index (χ2n) is 6.26. The van der Waals surface area contributed by atoms with Gasteiger partial charge in [-0.05, 0) is 38.2 Å². The third kappa shape index (κ3) is 5.74. The van der Waals surface area contributed by atoms with Crippen LogP contribution in [-0.2, 0) is 4.79 Å². The molecule has 1 unspecified atom stereocenters. The molecular weight excluding hydrogens is 314 g/mol. The van der Waals surface area contributed by atoms with Gasteiger partial charge in [0.2, 0.25) is 5.91 Å². The Morgan fingerprint density at radius 3 is 2.64 bits per heavy atom. The second kappa shape index (κ2) is 10.0. The van der Waals surface area contributed by atoms with E-state index in [1.807, 2.05) is 35.2 Å². The van der Waals surface area contributed by atoms with Crippen LogP contribution in [-0.4, -0.2) is 62.6 Å². The second-order valence-corrected chi connectivity index (χ2v) is 6.26. The number of para-hydroxylation sites is 1. The smallest absolute Gasteiger partial charge is 0.229 e. The van der Waals surface area contributed by atoms with Gasteiger partial charge in [-0.25, -0.2) is 0 Å². The molecule has 1 aromatic rings. The summed E-state index contributed by atoms with van der Waals surface area (Å²) in [5.41, 5.74) is 0.957. The lowest BCUT2D eigenvalue weighted by molar-refractivity contribution is -0.117. The predicted octanol–water partition coefficient (Wildman–Crippen LogP) is 1.69. The van der Waals surface area contributed by atoms with E-state index in [4.69, 9.17) is 0 Å². The van der Waals surface area contributed by atoms with Crippen molar-refractivity contribution in [2.45, 2.75) is 32.7 Å². The van der Waals surface area contributed by atoms with Crippen LogP contribution < -0.4 is 15.5 Å². The first-order chi connectivity index (χ1) is 12.2. The monoisotopic (exact) mass is 345 g/mol. The molecule has 1 amide bonds. The Morgan fingerprint density at radius 2 is 2.00 bits per heavy atom. The Bertz CT molecular complexity index is 556. The largest absolute Gasteiger partial charge is 0.356 e. The molecule has 1 heterocycles. The Labute approximate surface area is 151 Å². The van der Waals surface area contributed by atoms with Crippen LogP contribution >= 0.6 is 0 Å². The maximum Gasteiger partial charge on any atom is 0.229 e. The Kier molecular flexibility index (Phi) is 7.73. The van der Waals surface area contributed by atoms with Gasteiger partial charge in [0.25, 0.3) is 0 Å². The van der Waals surface area contributed by atoms with Gasteiger partial charge >= 0.3 is 0 Å². The van der Waals surface area contributed by atoms with Gasteiger partial charge < -0.3 is 20.4 Å². The van der Waals surface area contributed by atoms with Crippen LogP contribution in [0.3, 0.4) is 0 Å². The number of rotatable bonds is 8. The van der Waals surface area contributed by atoms with Crippen LogP contribution in [0, 0.1) is 0 Å². The number of carbonyl (C=O) groups is 1. The quantitative estimate of drug-likeness (QED) is 0.428. The van der Waals surface area contributed by atoms with Gasteiger partial charge in [0.05, 0.1) is 6.04 Å². The summed E-state index contributed by atoms with van der Waals surface area (Å²) in [6.45, 7) is 9.18. The molecule has 1 saturated heterocycles. The molecule has 0 aromatic heterocycles. The minimum Gasteiger partial charge on any atom is -0.356 e. The highest BCUT2D eigenvalue weighted by atomic mass is 16.2. The summed E-state index contributed by atoms with van der Waals surface area (Å²) in [5, 5.41) is 6.73. The first-order valence-corrected chi connectivity index (χ1v) is 9.22. The normalized spacial score (nSPS) is 18.1. The van der Waals surface area contributed by atoms with Gasteiger partial charge in [0.1, 0.15) is 0 Å². The zero-order valence-electron chi connectivity index (χ0n) is 15.7. The van der Waals surface area contributed by atoms with Crippen molar-refractivity contribution in [2.75, 3.05) is 44.7 Å². The number of anilines is 1. The maximum atomic E-state index is 12.3. The summed E-state index contributed by atoms with van der Waals surface area (Å²) < 4.78 is 0. The van der Waals surface area contributed by atoms with Gasteiger partial charge in [0, 0.05) is 32.2 Å². The van der Waals surface area contributed by atoms with Crippen molar-refractivity contribution in [3.05, 3.63) is 30.3 Å². The highest BCUT2D eigenvalue weighted by molar-refractivity contribution is 5.97. The zero-order chi connectivity index (χ0) is 18.1. The summed E-state index contributed by atoms with van der Waals surface area (Å²) in [7, 11) is 1.77. The lowest BCUT2D eigenvalue weighted by Crippen LogP contribution is -2.45. The number of nitrogens with zero attached hydrogens (tertiary/aromatic N) is 3. The fourth-order valence-corrected chi connectivity index (χ4v) is 3.10. The topological polar surface area (TPSA) is 60.0 Å². The van der Waals surface area contributed by atoms with Gasteiger partial charge in [-0.15, -0.1) is 0 Å². The molecule has 25 heavy (non-hydrogen) atoms. The third-order valence-electron chi connectivity index (χ3n) is 4.60. The number of carbonyl (C=O) groups excluding carboxylic acids is 1. The lowest BCUT2D eigenvalue weighted by Gasteiger charge is -2.20. The molecule has 1 aliphatic rings. The van der Waals surface area contributed by atoms with E-state index in [1.165, 1.54) is 0 Å². The number of benzene rings is 1. The number of aliphatic imine (C=N–C) groups is 1. The molecule has 2 N–H and O–H groups in total. The summed E-state index contributed by atoms with van der Waals surface area (Å²) >= 11 is 0. The molecule has 0 aliphatic carbocycles. The number of hydrogen-bond donors (Lipinski definition) is 2. The van der Waals surface area contributed by atoms with Gasteiger partial charge in [0.15, 0.2) is 5.96 Å². The SMILES string of the molecule is CCN(CC)CCCNC(=NC)NC1CC(=O)N(c2ccccc2)C1. The summed E-state index contributed by atoms with van der Waals surface area (Å²) in [5.74, 6) is 0.924. The molecule has 2 rings (SSSR count).